The van der Waals surface area contributed by atoms with E-state index in [1.54, 1.807) is 17.8 Å². The Bertz CT molecular complexity index is 618. The van der Waals surface area contributed by atoms with Crippen molar-refractivity contribution in [2.24, 2.45) is 0 Å². The normalized spacial score (nSPS) is 11.4. The van der Waals surface area contributed by atoms with Crippen molar-refractivity contribution in [3.63, 3.8) is 0 Å². The third-order valence-electron chi connectivity index (χ3n) is 2.71. The number of hydrogen-bond donors (Lipinski definition) is 0. The lowest BCUT2D eigenvalue weighted by molar-refractivity contribution is 1.45. The molecule has 2 aromatic carbocycles. The highest BCUT2D eigenvalue weighted by Gasteiger charge is 2.01. The molecule has 0 aliphatic heterocycles. The molecule has 0 aliphatic carbocycles. The second-order valence-electron chi connectivity index (χ2n) is 4.19. The summed E-state index contributed by atoms with van der Waals surface area (Å²) in [6.07, 6.45) is 3.91. The van der Waals surface area contributed by atoms with Crippen molar-refractivity contribution < 1.29 is 0 Å². The number of allylic oxidation sites excluding steroid dienone is 1. The van der Waals surface area contributed by atoms with Gasteiger partial charge in [-0.2, -0.15) is 0 Å². The van der Waals surface area contributed by atoms with Crippen molar-refractivity contribution >= 4 is 41.0 Å². The number of hydrogen-bond acceptors (Lipinski definition) is 1. The molecule has 0 spiro atoms. The van der Waals surface area contributed by atoms with Crippen molar-refractivity contribution in [2.75, 3.05) is 5.75 Å². The van der Waals surface area contributed by atoms with Crippen LogP contribution in [0, 0.1) is 0 Å². The fourth-order valence-corrected chi connectivity index (χ4v) is 3.01. The van der Waals surface area contributed by atoms with E-state index < -0.39 is 0 Å². The molecule has 0 aromatic heterocycles. The number of rotatable bonds is 5. The summed E-state index contributed by atoms with van der Waals surface area (Å²) in [5.74, 6) is 0.854. The predicted octanol–water partition coefficient (Wildman–Crippen LogP) is 6.36. The van der Waals surface area contributed by atoms with E-state index in [2.05, 4.69) is 18.7 Å². The lowest BCUT2D eigenvalue weighted by Crippen LogP contribution is -1.85. The minimum Gasteiger partial charge on any atom is -0.121 e. The smallest absolute Gasteiger partial charge is 0.0493 e. The van der Waals surface area contributed by atoms with E-state index in [4.69, 9.17) is 23.2 Å². The summed E-state index contributed by atoms with van der Waals surface area (Å²) in [6.45, 7) is 3.87. The molecule has 0 bridgehead atoms. The van der Waals surface area contributed by atoms with Crippen molar-refractivity contribution in [1.82, 2.24) is 0 Å². The van der Waals surface area contributed by atoms with Gasteiger partial charge in [0, 0.05) is 20.7 Å². The maximum absolute atomic E-state index is 6.18. The van der Waals surface area contributed by atoms with Gasteiger partial charge < -0.3 is 0 Å². The van der Waals surface area contributed by atoms with Gasteiger partial charge in [-0.3, -0.25) is 0 Å². The Labute approximate surface area is 134 Å². The summed E-state index contributed by atoms with van der Waals surface area (Å²) in [5, 5.41) is 1.30. The Hall–Kier alpha value is -1.15. The summed E-state index contributed by atoms with van der Waals surface area (Å²) < 4.78 is 0. The van der Waals surface area contributed by atoms with E-state index >= 15 is 0 Å². The maximum Gasteiger partial charge on any atom is 0.0493 e. The predicted molar refractivity (Wildman–Crippen MR) is 91.8 cm³/mol. The fourth-order valence-electron chi connectivity index (χ4n) is 1.66. The minimum atomic E-state index is 0.644. The van der Waals surface area contributed by atoms with Crippen LogP contribution in [-0.4, -0.2) is 5.75 Å². The summed E-state index contributed by atoms with van der Waals surface area (Å²) in [5.41, 5.74) is 2.09. The first-order valence-corrected chi connectivity index (χ1v) is 7.89. The molecule has 0 N–H and O–H groups in total. The monoisotopic (exact) mass is 320 g/mol. The average molecular weight is 321 g/mol. The van der Waals surface area contributed by atoms with Gasteiger partial charge in [-0.15, -0.1) is 11.8 Å². The van der Waals surface area contributed by atoms with Gasteiger partial charge in [0.1, 0.15) is 0 Å². The molecule has 0 atom stereocenters. The lowest BCUT2D eigenvalue weighted by atomic mass is 10.1. The Morgan fingerprint density at radius 1 is 1.10 bits per heavy atom. The summed E-state index contributed by atoms with van der Waals surface area (Å²) in [6, 6.07) is 15.8. The quantitative estimate of drug-likeness (QED) is 0.456. The Morgan fingerprint density at radius 3 is 2.50 bits per heavy atom. The van der Waals surface area contributed by atoms with E-state index in [1.807, 2.05) is 42.5 Å². The van der Waals surface area contributed by atoms with E-state index in [9.17, 15) is 0 Å². The molecule has 0 radical (unpaired) electrons. The van der Waals surface area contributed by atoms with Crippen LogP contribution in [0.4, 0.5) is 0 Å². The van der Waals surface area contributed by atoms with Crippen LogP contribution in [0.5, 0.6) is 0 Å². The van der Waals surface area contributed by atoms with Crippen LogP contribution in [-0.2, 0) is 0 Å². The number of halogens is 2. The van der Waals surface area contributed by atoms with Crippen LogP contribution in [0.15, 0.2) is 71.7 Å². The SMILES string of the molecule is C=C/C(=C\c1ccc(Cl)cc1Cl)CSc1ccccc1. The van der Waals surface area contributed by atoms with Gasteiger partial charge in [0.25, 0.3) is 0 Å². The summed E-state index contributed by atoms with van der Waals surface area (Å²) in [4.78, 5) is 1.24. The molecule has 20 heavy (non-hydrogen) atoms. The zero-order valence-electron chi connectivity index (χ0n) is 10.9. The van der Waals surface area contributed by atoms with Crippen LogP contribution < -0.4 is 0 Å². The number of benzene rings is 2. The third-order valence-corrected chi connectivity index (χ3v) is 4.36. The van der Waals surface area contributed by atoms with Crippen LogP contribution in [0.3, 0.4) is 0 Å². The highest BCUT2D eigenvalue weighted by atomic mass is 35.5. The molecule has 0 nitrogen and oxygen atoms in total. The van der Waals surface area contributed by atoms with Gasteiger partial charge in [0.2, 0.25) is 0 Å². The molecule has 0 unspecified atom stereocenters. The Balaban J connectivity index is 2.11. The highest BCUT2D eigenvalue weighted by molar-refractivity contribution is 7.99. The van der Waals surface area contributed by atoms with Crippen LogP contribution in [0.1, 0.15) is 5.56 Å². The van der Waals surface area contributed by atoms with E-state index in [-0.39, 0.29) is 0 Å². The zero-order chi connectivity index (χ0) is 14.4. The number of thioether (sulfide) groups is 1. The molecule has 102 valence electrons. The van der Waals surface area contributed by atoms with Crippen LogP contribution in [0.2, 0.25) is 10.0 Å². The van der Waals surface area contributed by atoms with Gasteiger partial charge in [-0.1, -0.05) is 60.1 Å². The molecule has 3 heteroatoms. The molecule has 0 aliphatic rings. The first-order chi connectivity index (χ1) is 9.69. The lowest BCUT2D eigenvalue weighted by Gasteiger charge is -2.05. The Kier molecular flexibility index (Phi) is 5.78. The van der Waals surface area contributed by atoms with Gasteiger partial charge in [0.05, 0.1) is 0 Å². The van der Waals surface area contributed by atoms with Gasteiger partial charge in [0.15, 0.2) is 0 Å². The summed E-state index contributed by atoms with van der Waals surface area (Å²) in [7, 11) is 0. The molecular weight excluding hydrogens is 307 g/mol. The van der Waals surface area contributed by atoms with Crippen molar-refractivity contribution in [3.05, 3.63) is 82.4 Å². The fraction of sp³-hybridized carbons (Fsp3) is 0.0588. The highest BCUT2D eigenvalue weighted by Crippen LogP contribution is 2.26. The average Bonchev–Trinajstić information content (AvgIpc) is 2.46. The molecule has 0 saturated carbocycles. The second kappa shape index (κ2) is 7.58. The molecule has 2 rings (SSSR count). The summed E-state index contributed by atoms with van der Waals surface area (Å²) >= 11 is 13.8. The van der Waals surface area contributed by atoms with Gasteiger partial charge in [-0.25, -0.2) is 0 Å². The first-order valence-electron chi connectivity index (χ1n) is 6.15. The topological polar surface area (TPSA) is 0 Å². The molecule has 0 amide bonds. The van der Waals surface area contributed by atoms with Gasteiger partial charge in [-0.05, 0) is 41.5 Å². The van der Waals surface area contributed by atoms with E-state index in [0.29, 0.717) is 10.0 Å². The molecular formula is C17H14Cl2S. The second-order valence-corrected chi connectivity index (χ2v) is 6.08. The van der Waals surface area contributed by atoms with E-state index in [0.717, 1.165) is 16.9 Å². The van der Waals surface area contributed by atoms with Crippen LogP contribution in [0.25, 0.3) is 6.08 Å². The van der Waals surface area contributed by atoms with E-state index in [1.165, 1.54) is 4.90 Å². The standard InChI is InChI=1S/C17H14Cl2S/c1-2-13(12-20-16-6-4-3-5-7-16)10-14-8-9-15(18)11-17(14)19/h2-11H,1,12H2/b13-10+. The molecule has 0 saturated heterocycles. The van der Waals surface area contributed by atoms with Gasteiger partial charge >= 0.3 is 0 Å². The molecule has 2 aromatic rings. The van der Waals surface area contributed by atoms with Crippen molar-refractivity contribution in [3.8, 4) is 0 Å². The molecule has 0 fully saturated rings. The molecule has 0 heterocycles. The largest absolute Gasteiger partial charge is 0.121 e. The van der Waals surface area contributed by atoms with Crippen molar-refractivity contribution in [2.45, 2.75) is 4.90 Å². The third kappa shape index (κ3) is 4.45. The first kappa shape index (κ1) is 15.2. The zero-order valence-corrected chi connectivity index (χ0v) is 13.2. The van der Waals surface area contributed by atoms with Crippen LogP contribution >= 0.6 is 35.0 Å². The minimum absolute atomic E-state index is 0.644. The Morgan fingerprint density at radius 2 is 1.85 bits per heavy atom. The maximum atomic E-state index is 6.18. The van der Waals surface area contributed by atoms with Crippen molar-refractivity contribution in [1.29, 1.82) is 0 Å².